The van der Waals surface area contributed by atoms with Gasteiger partial charge in [0.1, 0.15) is 0 Å². The third-order valence-corrected chi connectivity index (χ3v) is 11.5. The maximum absolute atomic E-state index is 5.45. The molecule has 4 heteroatoms. The molecule has 0 saturated carbocycles. The van der Waals surface area contributed by atoms with E-state index < -0.39 is 0 Å². The first kappa shape index (κ1) is 28.6. The molecule has 0 saturated heterocycles. The number of nitrogens with zero attached hydrogens (tertiary/aromatic N) is 3. The molecular formula is C45H33N3S. The highest BCUT2D eigenvalue weighted by molar-refractivity contribution is 7.99. The summed E-state index contributed by atoms with van der Waals surface area (Å²) in [5, 5.41) is 8.30. The zero-order chi connectivity index (χ0) is 32.5. The van der Waals surface area contributed by atoms with E-state index in [4.69, 9.17) is 16.5 Å². The van der Waals surface area contributed by atoms with Gasteiger partial charge in [0, 0.05) is 43.6 Å². The van der Waals surface area contributed by atoms with E-state index in [0.717, 1.165) is 53.0 Å². The highest BCUT2D eigenvalue weighted by Crippen LogP contribution is 2.47. The SMILES string of the molecule is C=c1/c(=C\C=C2/CC=CCCC2)c2c3c(n(-c4nc5c6c(cccc6n4)Sc4ccccc4-5)c4cccc1c34)CC=C(c1ccccc1)C=2. The van der Waals surface area contributed by atoms with Crippen molar-refractivity contribution in [3.8, 4) is 17.2 Å². The molecule has 0 fully saturated rings. The van der Waals surface area contributed by atoms with Gasteiger partial charge in [-0.2, -0.15) is 0 Å². The molecule has 2 aliphatic carbocycles. The predicted octanol–water partition coefficient (Wildman–Crippen LogP) is 9.24. The quantitative estimate of drug-likeness (QED) is 0.179. The summed E-state index contributed by atoms with van der Waals surface area (Å²) < 4.78 is 2.34. The first-order valence-electron chi connectivity index (χ1n) is 17.2. The van der Waals surface area contributed by atoms with Crippen molar-refractivity contribution in [2.75, 3.05) is 0 Å². The van der Waals surface area contributed by atoms with E-state index in [-0.39, 0.29) is 0 Å². The Labute approximate surface area is 289 Å². The van der Waals surface area contributed by atoms with Gasteiger partial charge in [0.2, 0.25) is 5.95 Å². The molecule has 0 unspecified atom stereocenters. The Morgan fingerprint density at radius 2 is 1.61 bits per heavy atom. The van der Waals surface area contributed by atoms with Crippen LogP contribution < -0.4 is 15.7 Å². The van der Waals surface area contributed by atoms with E-state index in [1.807, 2.05) is 0 Å². The topological polar surface area (TPSA) is 30.7 Å². The van der Waals surface area contributed by atoms with Gasteiger partial charge in [-0.3, -0.25) is 4.57 Å². The first-order valence-corrected chi connectivity index (χ1v) is 18.0. The molecular weight excluding hydrogens is 615 g/mol. The fraction of sp³-hybridized carbons (Fsp3) is 0.111. The zero-order valence-corrected chi connectivity index (χ0v) is 27.9. The highest BCUT2D eigenvalue weighted by Gasteiger charge is 2.26. The van der Waals surface area contributed by atoms with Gasteiger partial charge in [0.25, 0.3) is 0 Å². The number of allylic oxidation sites excluding steroid dienone is 6. The van der Waals surface area contributed by atoms with Crippen molar-refractivity contribution >= 4 is 68.6 Å². The lowest BCUT2D eigenvalue weighted by Gasteiger charge is -2.20. The number of hydrogen-bond acceptors (Lipinski definition) is 3. The van der Waals surface area contributed by atoms with Gasteiger partial charge in [-0.05, 0) is 88.2 Å². The number of hydrogen-bond donors (Lipinski definition) is 0. The Morgan fingerprint density at radius 1 is 0.755 bits per heavy atom. The Morgan fingerprint density at radius 3 is 2.55 bits per heavy atom. The molecule has 0 atom stereocenters. The number of fused-ring (bicyclic) bond motifs is 2. The normalized spacial score (nSPS) is 16.5. The summed E-state index contributed by atoms with van der Waals surface area (Å²) in [5.41, 5.74) is 9.39. The van der Waals surface area contributed by atoms with Crippen LogP contribution >= 0.6 is 11.8 Å². The largest absolute Gasteiger partial charge is 0.281 e. The molecule has 2 aromatic heterocycles. The van der Waals surface area contributed by atoms with Crippen molar-refractivity contribution < 1.29 is 0 Å². The lowest BCUT2D eigenvalue weighted by molar-refractivity contribution is 0.839. The molecule has 0 radical (unpaired) electrons. The molecule has 3 heterocycles. The minimum absolute atomic E-state index is 0.714. The van der Waals surface area contributed by atoms with E-state index in [0.29, 0.717) is 5.95 Å². The van der Waals surface area contributed by atoms with Gasteiger partial charge >= 0.3 is 0 Å². The van der Waals surface area contributed by atoms with Crippen LogP contribution in [0, 0.1) is 0 Å². The summed E-state index contributed by atoms with van der Waals surface area (Å²) in [4.78, 5) is 13.2. The fourth-order valence-corrected chi connectivity index (χ4v) is 9.14. The Hall–Kier alpha value is -5.45. The molecule has 49 heavy (non-hydrogen) atoms. The van der Waals surface area contributed by atoms with Crippen LogP contribution in [0.15, 0.2) is 131 Å². The van der Waals surface area contributed by atoms with Crippen molar-refractivity contribution in [1.82, 2.24) is 14.5 Å². The summed E-state index contributed by atoms with van der Waals surface area (Å²) in [6.07, 6.45) is 19.4. The van der Waals surface area contributed by atoms with Crippen molar-refractivity contribution in [2.24, 2.45) is 0 Å². The minimum Gasteiger partial charge on any atom is -0.281 e. The zero-order valence-electron chi connectivity index (χ0n) is 27.1. The summed E-state index contributed by atoms with van der Waals surface area (Å²) >= 11 is 1.81. The van der Waals surface area contributed by atoms with Gasteiger partial charge < -0.3 is 0 Å². The average molecular weight is 648 g/mol. The standard InChI is InChI=1S/C45H33N3S/c1-28-32(25-23-29-13-5-2-3-6-14-29)35-27-31(30-15-7-4-8-16-30)24-26-38-42(35)41-33(28)18-11-20-37(41)48(38)45-46-36-19-12-22-40-43(36)44(47-45)34-17-9-10-21-39(34)49-40/h2,4-5,7-12,15-25,27H,1,3,6,13-14,26H2/b29-23+,32-25+. The lowest BCUT2D eigenvalue weighted by Crippen LogP contribution is -2.39. The van der Waals surface area contributed by atoms with E-state index >= 15 is 0 Å². The van der Waals surface area contributed by atoms with Crippen LogP contribution in [0.1, 0.15) is 36.9 Å². The molecule has 1 aliphatic heterocycles. The van der Waals surface area contributed by atoms with Gasteiger partial charge in [0.05, 0.1) is 16.7 Å². The van der Waals surface area contributed by atoms with Gasteiger partial charge in [-0.15, -0.1) is 0 Å². The molecule has 0 spiro atoms. The second-order valence-corrected chi connectivity index (χ2v) is 14.3. The van der Waals surface area contributed by atoms with Crippen molar-refractivity contribution in [2.45, 2.75) is 41.9 Å². The Bertz CT molecular complexity index is 2780. The molecule has 10 rings (SSSR count). The number of benzene rings is 5. The van der Waals surface area contributed by atoms with Gasteiger partial charge in [-0.25, -0.2) is 9.97 Å². The molecule has 0 bridgehead atoms. The second kappa shape index (κ2) is 11.3. The van der Waals surface area contributed by atoms with Crippen LogP contribution in [0.25, 0.3) is 74.1 Å². The highest BCUT2D eigenvalue weighted by atomic mass is 32.2. The van der Waals surface area contributed by atoms with E-state index in [1.165, 1.54) is 70.8 Å². The average Bonchev–Trinajstić information content (AvgIpc) is 3.29. The van der Waals surface area contributed by atoms with Crippen LogP contribution in [0.3, 0.4) is 0 Å². The first-order chi connectivity index (χ1) is 24.2. The maximum atomic E-state index is 5.45. The molecule has 3 aliphatic rings. The summed E-state index contributed by atoms with van der Waals surface area (Å²) in [6, 6.07) is 32.4. The molecule has 5 aromatic carbocycles. The molecule has 7 aromatic rings. The molecule has 3 nitrogen and oxygen atoms in total. The van der Waals surface area contributed by atoms with Crippen molar-refractivity contribution in [1.29, 1.82) is 0 Å². The summed E-state index contributed by atoms with van der Waals surface area (Å²) in [5.74, 6) is 0.714. The van der Waals surface area contributed by atoms with Gasteiger partial charge in [0.15, 0.2) is 0 Å². The molecule has 234 valence electrons. The van der Waals surface area contributed by atoms with Crippen LogP contribution in [0.5, 0.6) is 0 Å². The van der Waals surface area contributed by atoms with E-state index in [2.05, 4.69) is 132 Å². The van der Waals surface area contributed by atoms with Crippen molar-refractivity contribution in [3.05, 3.63) is 148 Å². The number of rotatable bonds is 3. The lowest BCUT2D eigenvalue weighted by atomic mass is 9.98. The predicted molar refractivity (Wildman–Crippen MR) is 206 cm³/mol. The molecule has 0 amide bonds. The monoisotopic (exact) mass is 647 g/mol. The Balaban J connectivity index is 1.32. The van der Waals surface area contributed by atoms with Crippen molar-refractivity contribution in [3.63, 3.8) is 0 Å². The third kappa shape index (κ3) is 4.51. The number of aromatic nitrogens is 3. The van der Waals surface area contributed by atoms with E-state index in [9.17, 15) is 0 Å². The summed E-state index contributed by atoms with van der Waals surface area (Å²) in [6.45, 7) is 4.76. The maximum Gasteiger partial charge on any atom is 0.235 e. The molecule has 0 N–H and O–H groups in total. The van der Waals surface area contributed by atoms with Crippen LogP contribution in [-0.4, -0.2) is 14.5 Å². The van der Waals surface area contributed by atoms with Crippen LogP contribution in [-0.2, 0) is 6.42 Å². The van der Waals surface area contributed by atoms with Gasteiger partial charge in [-0.1, -0.05) is 121 Å². The second-order valence-electron chi connectivity index (χ2n) is 13.2. The minimum atomic E-state index is 0.714. The smallest absolute Gasteiger partial charge is 0.235 e. The van der Waals surface area contributed by atoms with Crippen LogP contribution in [0.4, 0.5) is 0 Å². The van der Waals surface area contributed by atoms with Crippen LogP contribution in [0.2, 0.25) is 0 Å². The third-order valence-electron chi connectivity index (χ3n) is 10.4. The van der Waals surface area contributed by atoms with E-state index in [1.54, 1.807) is 11.8 Å². The fourth-order valence-electron chi connectivity index (χ4n) is 8.03. The Kier molecular flexibility index (Phi) is 6.60. The summed E-state index contributed by atoms with van der Waals surface area (Å²) in [7, 11) is 0.